The van der Waals surface area contributed by atoms with Crippen LogP contribution in [0.25, 0.3) is 33.7 Å². The van der Waals surface area contributed by atoms with E-state index >= 15 is 0 Å². The van der Waals surface area contributed by atoms with Crippen molar-refractivity contribution in [1.82, 2.24) is 15.0 Å². The summed E-state index contributed by atoms with van der Waals surface area (Å²) in [5.74, 6) is 0.921. The summed E-state index contributed by atoms with van der Waals surface area (Å²) in [5, 5.41) is 16.4. The quantitative estimate of drug-likeness (QED) is 0.319. The molecule has 6 heteroatoms. The molecule has 0 amide bonds. The number of imidazole rings is 1. The van der Waals surface area contributed by atoms with Crippen LogP contribution >= 0.6 is 0 Å². The molecule has 2 aromatic carbocycles. The molecule has 6 nitrogen and oxygen atoms in total. The highest BCUT2D eigenvalue weighted by atomic mass is 16.4. The molecule has 1 aliphatic carbocycles. The molecule has 4 aromatic rings. The summed E-state index contributed by atoms with van der Waals surface area (Å²) in [6.07, 6.45) is 7.56. The van der Waals surface area contributed by atoms with Gasteiger partial charge in [-0.25, -0.2) is 4.98 Å². The Labute approximate surface area is 192 Å². The van der Waals surface area contributed by atoms with Gasteiger partial charge in [0.05, 0.1) is 16.7 Å². The molecule has 0 bridgehead atoms. The summed E-state index contributed by atoms with van der Waals surface area (Å²) < 4.78 is 0. The number of benzene rings is 2. The highest BCUT2D eigenvalue weighted by Gasteiger charge is 2.24. The van der Waals surface area contributed by atoms with Crippen molar-refractivity contribution >= 4 is 23.2 Å². The Morgan fingerprint density at radius 2 is 1.79 bits per heavy atom. The third-order valence-electron chi connectivity index (χ3n) is 6.70. The van der Waals surface area contributed by atoms with Gasteiger partial charge in [0, 0.05) is 30.0 Å². The number of carboxylic acid groups (broad SMARTS) is 1. The SMILES string of the molecule is N=Cc1ccc2nc(-c3ccc(-c4ccc(C5CCC(CC(=O)O)CC5)cc4)nc3)[nH]c2c1. The molecule has 0 unspecified atom stereocenters. The normalized spacial score (nSPS) is 18.3. The van der Waals surface area contributed by atoms with Gasteiger partial charge in [0.2, 0.25) is 0 Å². The first-order chi connectivity index (χ1) is 16.1. The third kappa shape index (κ3) is 4.55. The van der Waals surface area contributed by atoms with Crippen LogP contribution in [0.2, 0.25) is 0 Å². The lowest BCUT2D eigenvalue weighted by Crippen LogP contribution is -2.16. The van der Waals surface area contributed by atoms with Gasteiger partial charge in [-0.15, -0.1) is 0 Å². The lowest BCUT2D eigenvalue weighted by molar-refractivity contribution is -0.138. The predicted octanol–water partition coefficient (Wildman–Crippen LogP) is 6.04. The summed E-state index contributed by atoms with van der Waals surface area (Å²) in [7, 11) is 0. The smallest absolute Gasteiger partial charge is 0.303 e. The van der Waals surface area contributed by atoms with Crippen LogP contribution in [0.3, 0.4) is 0 Å². The van der Waals surface area contributed by atoms with Crippen molar-refractivity contribution < 1.29 is 9.90 Å². The van der Waals surface area contributed by atoms with Crippen molar-refractivity contribution in [1.29, 1.82) is 5.41 Å². The summed E-state index contributed by atoms with van der Waals surface area (Å²) in [4.78, 5) is 23.6. The van der Waals surface area contributed by atoms with Crippen molar-refractivity contribution in [2.45, 2.75) is 38.0 Å². The number of H-pyrrole nitrogens is 1. The first-order valence-corrected chi connectivity index (χ1v) is 11.4. The van der Waals surface area contributed by atoms with Gasteiger partial charge in [-0.3, -0.25) is 9.78 Å². The number of hydrogen-bond acceptors (Lipinski definition) is 4. The first kappa shape index (κ1) is 21.1. The summed E-state index contributed by atoms with van der Waals surface area (Å²) >= 11 is 0. The van der Waals surface area contributed by atoms with Gasteiger partial charge >= 0.3 is 5.97 Å². The van der Waals surface area contributed by atoms with Gasteiger partial charge in [0.25, 0.3) is 0 Å². The Morgan fingerprint density at radius 1 is 1.03 bits per heavy atom. The van der Waals surface area contributed by atoms with Crippen LogP contribution in [0.15, 0.2) is 60.8 Å². The Kier molecular flexibility index (Phi) is 5.73. The number of hydrogen-bond donors (Lipinski definition) is 3. The molecule has 1 fully saturated rings. The van der Waals surface area contributed by atoms with Crippen LogP contribution in [-0.2, 0) is 4.79 Å². The van der Waals surface area contributed by atoms with E-state index in [0.29, 0.717) is 18.3 Å². The lowest BCUT2D eigenvalue weighted by Gasteiger charge is -2.28. The van der Waals surface area contributed by atoms with Crippen molar-refractivity contribution in [3.8, 4) is 22.6 Å². The Morgan fingerprint density at radius 3 is 2.45 bits per heavy atom. The van der Waals surface area contributed by atoms with E-state index in [1.54, 1.807) is 0 Å². The molecule has 0 spiro atoms. The molecule has 2 heterocycles. The van der Waals surface area contributed by atoms with E-state index in [0.717, 1.165) is 64.9 Å². The number of carboxylic acids is 1. The van der Waals surface area contributed by atoms with E-state index in [9.17, 15) is 4.79 Å². The van der Waals surface area contributed by atoms with E-state index < -0.39 is 5.97 Å². The largest absolute Gasteiger partial charge is 0.481 e. The van der Waals surface area contributed by atoms with Crippen molar-refractivity contribution in [3.63, 3.8) is 0 Å². The fourth-order valence-corrected chi connectivity index (χ4v) is 4.83. The molecule has 3 N–H and O–H groups in total. The minimum Gasteiger partial charge on any atom is -0.481 e. The molecular weight excluding hydrogens is 412 g/mol. The number of nitrogens with zero attached hydrogens (tertiary/aromatic N) is 2. The van der Waals surface area contributed by atoms with Crippen molar-refractivity contribution in [3.05, 3.63) is 71.9 Å². The number of aromatic nitrogens is 3. The zero-order valence-corrected chi connectivity index (χ0v) is 18.3. The average molecular weight is 439 g/mol. The first-order valence-electron chi connectivity index (χ1n) is 11.4. The molecule has 2 aromatic heterocycles. The molecule has 33 heavy (non-hydrogen) atoms. The molecule has 1 saturated carbocycles. The van der Waals surface area contributed by atoms with Crippen LogP contribution in [0.4, 0.5) is 0 Å². The number of rotatable bonds is 6. The van der Waals surface area contributed by atoms with Gasteiger partial charge in [-0.1, -0.05) is 30.3 Å². The van der Waals surface area contributed by atoms with Gasteiger partial charge in [0.15, 0.2) is 0 Å². The third-order valence-corrected chi connectivity index (χ3v) is 6.70. The predicted molar refractivity (Wildman–Crippen MR) is 130 cm³/mol. The maximum absolute atomic E-state index is 10.9. The minimum absolute atomic E-state index is 0.298. The molecule has 0 saturated heterocycles. The second kappa shape index (κ2) is 8.98. The van der Waals surface area contributed by atoms with E-state index in [-0.39, 0.29) is 0 Å². The molecule has 166 valence electrons. The highest BCUT2D eigenvalue weighted by Crippen LogP contribution is 2.37. The van der Waals surface area contributed by atoms with E-state index in [4.69, 9.17) is 10.5 Å². The zero-order chi connectivity index (χ0) is 22.8. The number of pyridine rings is 1. The van der Waals surface area contributed by atoms with Gasteiger partial charge < -0.3 is 15.5 Å². The van der Waals surface area contributed by atoms with Crippen LogP contribution < -0.4 is 0 Å². The molecule has 0 aliphatic heterocycles. The molecule has 5 rings (SSSR count). The Hall–Kier alpha value is -3.80. The topological polar surface area (TPSA) is 103 Å². The maximum Gasteiger partial charge on any atom is 0.303 e. The summed E-state index contributed by atoms with van der Waals surface area (Å²) in [5.41, 5.74) is 6.84. The van der Waals surface area contributed by atoms with Crippen LogP contribution in [0.5, 0.6) is 0 Å². The average Bonchev–Trinajstić information content (AvgIpc) is 3.28. The highest BCUT2D eigenvalue weighted by molar-refractivity contribution is 5.87. The fraction of sp³-hybridized carbons (Fsp3) is 0.259. The second-order valence-electron chi connectivity index (χ2n) is 8.88. The minimum atomic E-state index is -0.682. The van der Waals surface area contributed by atoms with Crippen molar-refractivity contribution in [2.75, 3.05) is 0 Å². The summed E-state index contributed by atoms with van der Waals surface area (Å²) in [6, 6.07) is 18.4. The van der Waals surface area contributed by atoms with E-state index in [2.05, 4.69) is 39.2 Å². The van der Waals surface area contributed by atoms with Crippen molar-refractivity contribution in [2.24, 2.45) is 5.92 Å². The summed E-state index contributed by atoms with van der Waals surface area (Å²) in [6.45, 7) is 0. The molecule has 0 atom stereocenters. The van der Waals surface area contributed by atoms with Crippen LogP contribution in [0, 0.1) is 11.3 Å². The van der Waals surface area contributed by atoms with Crippen LogP contribution in [0.1, 0.15) is 49.1 Å². The van der Waals surface area contributed by atoms with E-state index in [1.165, 1.54) is 11.8 Å². The number of aliphatic carboxylic acids is 1. The maximum atomic E-state index is 10.9. The zero-order valence-electron chi connectivity index (χ0n) is 18.3. The lowest BCUT2D eigenvalue weighted by atomic mass is 9.77. The number of nitrogens with one attached hydrogen (secondary N) is 2. The number of carbonyl (C=O) groups is 1. The molecular formula is C27H26N4O2. The Bertz CT molecular complexity index is 1280. The fourth-order valence-electron chi connectivity index (χ4n) is 4.83. The number of fused-ring (bicyclic) bond motifs is 1. The molecule has 0 radical (unpaired) electrons. The monoisotopic (exact) mass is 438 g/mol. The van der Waals surface area contributed by atoms with Gasteiger partial charge in [-0.2, -0.15) is 0 Å². The van der Waals surface area contributed by atoms with Gasteiger partial charge in [-0.05, 0) is 72.9 Å². The Balaban J connectivity index is 1.28. The van der Waals surface area contributed by atoms with E-state index in [1.807, 2.05) is 36.5 Å². The second-order valence-corrected chi connectivity index (χ2v) is 8.88. The number of aromatic amines is 1. The van der Waals surface area contributed by atoms with Crippen LogP contribution in [-0.4, -0.2) is 32.2 Å². The molecule has 1 aliphatic rings. The standard InChI is InChI=1S/C27H26N4O2/c28-15-18-3-11-24-25(13-18)31-27(30-24)22-10-12-23(29-16-22)21-8-6-20(7-9-21)19-4-1-17(2-5-19)14-26(32)33/h3,6-13,15-17,19,28H,1-2,4-5,14H2,(H,30,31)(H,32,33). The van der Waals surface area contributed by atoms with Gasteiger partial charge in [0.1, 0.15) is 5.82 Å².